The monoisotopic (exact) mass is 532 g/mol. The van der Waals surface area contributed by atoms with Crippen molar-refractivity contribution in [1.82, 2.24) is 9.97 Å². The van der Waals surface area contributed by atoms with E-state index < -0.39 is 0 Å². The fraction of sp³-hybridized carbons (Fsp3) is 0. The zero-order valence-electron chi connectivity index (χ0n) is 6.11. The topological polar surface area (TPSA) is 27.0 Å². The van der Waals surface area contributed by atoms with E-state index in [9.17, 15) is 4.39 Å². The predicted molar refractivity (Wildman–Crippen MR) is 56.7 cm³/mol. The van der Waals surface area contributed by atoms with Crippen LogP contribution in [-0.4, -0.2) is 4.98 Å². The fourth-order valence-electron chi connectivity index (χ4n) is 0.950. The number of halogens is 3. The number of hydrogen-bond donors (Lipinski definition) is 0. The molecule has 0 radical (unpaired) electrons. The van der Waals surface area contributed by atoms with E-state index in [4.69, 9.17) is 0 Å². The third kappa shape index (κ3) is 2.48. The number of aromatic nitrogens is 2. The zero-order chi connectivity index (χ0) is 9.84. The van der Waals surface area contributed by atoms with E-state index in [0.29, 0.717) is 15.4 Å². The number of nitrogens with zero attached hydrogens (tertiary/aromatic N) is 2. The maximum absolute atomic E-state index is 12.9. The Bertz CT molecular complexity index is 406. The first-order valence-corrected chi connectivity index (χ1v) is 11.1. The molecule has 0 saturated carbocycles. The summed E-state index contributed by atoms with van der Waals surface area (Å²) in [5, 5.41) is 0.500. The predicted octanol–water partition coefficient (Wildman–Crippen LogP) is 2.98. The van der Waals surface area contributed by atoms with Crippen LogP contribution in [0, 0.1) is 5.82 Å². The van der Waals surface area contributed by atoms with Crippen molar-refractivity contribution in [2.75, 3.05) is 0 Å². The number of hydrogen-bond acceptors (Lipinski definition) is 1. The Morgan fingerprint density at radius 1 is 1.46 bits per heavy atom. The summed E-state index contributed by atoms with van der Waals surface area (Å²) in [5.41, 5.74) is 0.580. The summed E-state index contributed by atoms with van der Waals surface area (Å²) in [5.74, 6) is -0.341. The molecular formula is C7H3BrFIN2Os-. The van der Waals surface area contributed by atoms with Crippen molar-refractivity contribution in [2.45, 2.75) is 0 Å². The van der Waals surface area contributed by atoms with E-state index in [-0.39, 0.29) is 5.82 Å². The molecule has 13 heavy (non-hydrogen) atoms. The van der Waals surface area contributed by atoms with Crippen LogP contribution in [0.25, 0.3) is 10.9 Å². The van der Waals surface area contributed by atoms with E-state index in [2.05, 4.69) is 45.6 Å². The molecule has 0 aliphatic rings. The van der Waals surface area contributed by atoms with Crippen LogP contribution in [-0.2, 0) is 15.1 Å². The minimum absolute atomic E-state index is 0.341. The molecule has 0 atom stereocenters. The summed E-state index contributed by atoms with van der Waals surface area (Å²) in [6, 6.07) is 0. The van der Waals surface area contributed by atoms with Gasteiger partial charge >= 0.3 is 34.7 Å². The van der Waals surface area contributed by atoms with Crippen LogP contribution in [0.15, 0.2) is 23.1 Å². The first-order chi connectivity index (χ1) is 6.29. The van der Waals surface area contributed by atoms with Gasteiger partial charge in [0.15, 0.2) is 0 Å². The Kier molecular flexibility index (Phi) is 4.77. The first kappa shape index (κ1) is 11.5. The molecule has 0 N–H and O–H groups in total. The molecule has 0 unspecified atom stereocenters. The Balaban J connectivity index is 0.000000396. The van der Waals surface area contributed by atoms with Crippen molar-refractivity contribution in [3.8, 4) is 0 Å². The zero-order valence-corrected chi connectivity index (χ0v) is 12.4. The number of rotatable bonds is 0. The normalized spacial score (nSPS) is 9.54. The molecule has 2 heterocycles. The van der Waals surface area contributed by atoms with Crippen LogP contribution in [0.1, 0.15) is 0 Å². The Morgan fingerprint density at radius 3 is 2.77 bits per heavy atom. The average Bonchev–Trinajstić information content (AvgIpc) is 2.53. The van der Waals surface area contributed by atoms with Crippen LogP contribution >= 0.6 is 35.6 Å². The molecule has 0 bridgehead atoms. The molecular weight excluding hydrogens is 528 g/mol. The molecule has 0 aliphatic heterocycles. The van der Waals surface area contributed by atoms with Gasteiger partial charge in [-0.25, -0.2) is 4.39 Å². The van der Waals surface area contributed by atoms with Crippen LogP contribution in [0.3, 0.4) is 0 Å². The molecule has 0 fully saturated rings. The molecule has 2 aromatic heterocycles. The Morgan fingerprint density at radius 2 is 2.15 bits per heavy atom. The Hall–Kier alpha value is 0.466. The van der Waals surface area contributed by atoms with Crippen molar-refractivity contribution in [1.29, 1.82) is 0 Å². The van der Waals surface area contributed by atoms with Gasteiger partial charge in [-0.3, -0.25) is 4.98 Å². The molecule has 0 aromatic carbocycles. The Labute approximate surface area is 104 Å². The van der Waals surface area contributed by atoms with E-state index in [0.717, 1.165) is 0 Å². The maximum atomic E-state index is 12.9. The molecule has 2 nitrogen and oxygen atoms in total. The van der Waals surface area contributed by atoms with Gasteiger partial charge < -0.3 is 4.98 Å². The molecule has 0 amide bonds. The SMILES string of the molecule is Fc1cncc2[n-]cc(Br)c12.[I][Os]. The summed E-state index contributed by atoms with van der Waals surface area (Å²) < 4.78 is 13.6. The van der Waals surface area contributed by atoms with Crippen molar-refractivity contribution >= 4 is 46.5 Å². The third-order valence-electron chi connectivity index (χ3n) is 1.44. The second-order valence-electron chi connectivity index (χ2n) is 2.12. The number of fused-ring (bicyclic) bond motifs is 1. The van der Waals surface area contributed by atoms with Crippen LogP contribution in [0.2, 0.25) is 0 Å². The quantitative estimate of drug-likeness (QED) is 0.490. The van der Waals surface area contributed by atoms with E-state index in [1.807, 2.05) is 15.1 Å². The van der Waals surface area contributed by atoms with E-state index in [1.165, 1.54) is 12.4 Å². The summed E-state index contributed by atoms with van der Waals surface area (Å²) in [6.45, 7) is 0. The van der Waals surface area contributed by atoms with Crippen molar-refractivity contribution < 1.29 is 19.4 Å². The summed E-state index contributed by atoms with van der Waals surface area (Å²) in [6.07, 6.45) is 4.27. The van der Waals surface area contributed by atoms with Crippen LogP contribution in [0.5, 0.6) is 0 Å². The van der Waals surface area contributed by atoms with Crippen LogP contribution in [0.4, 0.5) is 4.39 Å². The molecule has 0 spiro atoms. The minimum atomic E-state index is -0.341. The van der Waals surface area contributed by atoms with Gasteiger partial charge in [0.05, 0.1) is 6.20 Å². The average molecular weight is 531 g/mol. The van der Waals surface area contributed by atoms with Crippen molar-refractivity contribution in [2.24, 2.45) is 0 Å². The van der Waals surface area contributed by atoms with Gasteiger partial charge in [0.2, 0.25) is 0 Å². The van der Waals surface area contributed by atoms with Crippen molar-refractivity contribution in [3.63, 3.8) is 0 Å². The molecule has 2 rings (SSSR count). The van der Waals surface area contributed by atoms with Crippen LogP contribution < -0.4 is 4.98 Å². The standard InChI is InChI=1S/C7H3BrFN2.HI.Os/c8-4-1-11-6-3-10-2-5(9)7(4)6;;/h1-3H;1H;/q-1;;+1/p-1. The van der Waals surface area contributed by atoms with Gasteiger partial charge in [-0.1, -0.05) is 15.9 Å². The molecule has 71 valence electrons. The van der Waals surface area contributed by atoms with Gasteiger partial charge in [0.25, 0.3) is 0 Å². The van der Waals surface area contributed by atoms with E-state index >= 15 is 0 Å². The van der Waals surface area contributed by atoms with Gasteiger partial charge in [-0.05, 0) is 0 Å². The van der Waals surface area contributed by atoms with Gasteiger partial charge in [0, 0.05) is 16.1 Å². The summed E-state index contributed by atoms with van der Waals surface area (Å²) in [4.78, 5) is 7.60. The van der Waals surface area contributed by atoms with Gasteiger partial charge in [-0.2, -0.15) is 6.20 Å². The fourth-order valence-corrected chi connectivity index (χ4v) is 1.44. The van der Waals surface area contributed by atoms with E-state index in [1.54, 1.807) is 6.20 Å². The third-order valence-corrected chi connectivity index (χ3v) is 2.04. The number of pyridine rings is 1. The summed E-state index contributed by atoms with van der Waals surface area (Å²) in [7, 11) is 0. The molecule has 6 heteroatoms. The molecule has 0 saturated heterocycles. The van der Waals surface area contributed by atoms with Gasteiger partial charge in [0.1, 0.15) is 5.82 Å². The van der Waals surface area contributed by atoms with Gasteiger partial charge in [-0.15, -0.1) is 5.52 Å². The second kappa shape index (κ2) is 5.37. The summed E-state index contributed by atoms with van der Waals surface area (Å²) >= 11 is 7.20. The van der Waals surface area contributed by atoms with Crippen molar-refractivity contribution in [3.05, 3.63) is 28.9 Å². The second-order valence-corrected chi connectivity index (χ2v) is 2.98. The first-order valence-electron chi connectivity index (χ1n) is 3.13. The molecule has 2 aromatic rings. The molecule has 0 aliphatic carbocycles.